The molecule has 1 aliphatic heterocycles. The van der Waals surface area contributed by atoms with E-state index in [9.17, 15) is 4.79 Å². The minimum Gasteiger partial charge on any atom is -0.493 e. The molecule has 1 aromatic carbocycles. The van der Waals surface area contributed by atoms with Gasteiger partial charge in [0.25, 0.3) is 0 Å². The number of carbonyl (C=O) groups excluding carboxylic acids is 1. The van der Waals surface area contributed by atoms with Crippen LogP contribution in [0.1, 0.15) is 26.7 Å². The molecule has 1 aliphatic rings. The van der Waals surface area contributed by atoms with Crippen molar-refractivity contribution in [3.8, 4) is 5.75 Å². The monoisotopic (exact) mass is 306 g/mol. The zero-order valence-electron chi connectivity index (χ0n) is 13.4. The number of anilines is 1. The second kappa shape index (κ2) is 8.63. The molecule has 2 N–H and O–H groups in total. The Hall–Kier alpha value is -1.75. The van der Waals surface area contributed by atoms with E-state index in [2.05, 4.69) is 24.5 Å². The van der Waals surface area contributed by atoms with Crippen molar-refractivity contribution in [2.24, 2.45) is 5.92 Å². The third-order valence-corrected chi connectivity index (χ3v) is 3.42. The Morgan fingerprint density at radius 2 is 2.32 bits per heavy atom. The van der Waals surface area contributed by atoms with Gasteiger partial charge in [-0.05, 0) is 30.9 Å². The van der Waals surface area contributed by atoms with Crippen molar-refractivity contribution in [1.29, 1.82) is 0 Å². The predicted molar refractivity (Wildman–Crippen MR) is 87.2 cm³/mol. The summed E-state index contributed by atoms with van der Waals surface area (Å²) >= 11 is 0. The number of carbonyl (C=O) groups is 1. The molecule has 1 amide bonds. The highest BCUT2D eigenvalue weighted by Crippen LogP contribution is 2.17. The molecular formula is C17H26N2O3. The summed E-state index contributed by atoms with van der Waals surface area (Å²) in [6, 6.07) is 7.68. The Morgan fingerprint density at radius 3 is 3.05 bits per heavy atom. The molecule has 1 saturated heterocycles. The van der Waals surface area contributed by atoms with Crippen molar-refractivity contribution in [2.75, 3.05) is 31.6 Å². The van der Waals surface area contributed by atoms with E-state index in [1.54, 1.807) is 0 Å². The van der Waals surface area contributed by atoms with E-state index in [0.29, 0.717) is 19.1 Å². The fourth-order valence-electron chi connectivity index (χ4n) is 2.24. The lowest BCUT2D eigenvalue weighted by Gasteiger charge is -2.13. The molecule has 0 bridgehead atoms. The van der Waals surface area contributed by atoms with E-state index in [4.69, 9.17) is 9.47 Å². The van der Waals surface area contributed by atoms with Gasteiger partial charge in [-0.15, -0.1) is 0 Å². The first-order valence-corrected chi connectivity index (χ1v) is 7.98. The molecule has 1 aromatic rings. The summed E-state index contributed by atoms with van der Waals surface area (Å²) in [4.78, 5) is 11.8. The molecule has 0 spiro atoms. The van der Waals surface area contributed by atoms with Gasteiger partial charge >= 0.3 is 0 Å². The molecule has 1 unspecified atom stereocenters. The molecule has 0 radical (unpaired) electrons. The van der Waals surface area contributed by atoms with E-state index in [1.165, 1.54) is 0 Å². The third-order valence-electron chi connectivity index (χ3n) is 3.42. The predicted octanol–water partition coefficient (Wildman–Crippen LogP) is 2.43. The normalized spacial score (nSPS) is 17.5. The maximum atomic E-state index is 11.8. The van der Waals surface area contributed by atoms with Gasteiger partial charge in [-0.2, -0.15) is 0 Å². The maximum absolute atomic E-state index is 11.8. The quantitative estimate of drug-likeness (QED) is 0.774. The van der Waals surface area contributed by atoms with Gasteiger partial charge in [0.05, 0.1) is 19.3 Å². The number of benzene rings is 1. The molecule has 1 fully saturated rings. The fraction of sp³-hybridized carbons (Fsp3) is 0.588. The van der Waals surface area contributed by atoms with Crippen LogP contribution >= 0.6 is 0 Å². The zero-order chi connectivity index (χ0) is 15.8. The first kappa shape index (κ1) is 16.6. The van der Waals surface area contributed by atoms with E-state index in [1.807, 2.05) is 24.3 Å². The van der Waals surface area contributed by atoms with Gasteiger partial charge in [-0.1, -0.05) is 19.9 Å². The smallest absolute Gasteiger partial charge is 0.239 e. The van der Waals surface area contributed by atoms with Crippen LogP contribution in [0.3, 0.4) is 0 Å². The molecular weight excluding hydrogens is 280 g/mol. The molecule has 5 nitrogen and oxygen atoms in total. The minimum absolute atomic E-state index is 0.0241. The maximum Gasteiger partial charge on any atom is 0.239 e. The third kappa shape index (κ3) is 5.93. The van der Waals surface area contributed by atoms with Gasteiger partial charge in [0.2, 0.25) is 5.91 Å². The van der Waals surface area contributed by atoms with Crippen molar-refractivity contribution < 1.29 is 14.3 Å². The Balaban J connectivity index is 1.71. The van der Waals surface area contributed by atoms with Crippen molar-refractivity contribution in [2.45, 2.75) is 32.8 Å². The van der Waals surface area contributed by atoms with Gasteiger partial charge in [0.1, 0.15) is 5.75 Å². The lowest BCUT2D eigenvalue weighted by atomic mass is 10.2. The molecule has 22 heavy (non-hydrogen) atoms. The first-order chi connectivity index (χ1) is 10.6. The average Bonchev–Trinajstić information content (AvgIpc) is 3.03. The topological polar surface area (TPSA) is 59.6 Å². The van der Waals surface area contributed by atoms with E-state index in [-0.39, 0.29) is 18.6 Å². The zero-order valence-corrected chi connectivity index (χ0v) is 13.4. The SMILES string of the molecule is CC(C)COc1cccc(NCC(=O)NCC2CCCO2)c1. The van der Waals surface area contributed by atoms with Crippen LogP contribution in [0.2, 0.25) is 0 Å². The molecule has 1 atom stereocenters. The van der Waals surface area contributed by atoms with Crippen molar-refractivity contribution in [3.63, 3.8) is 0 Å². The summed E-state index contributed by atoms with van der Waals surface area (Å²) in [5.41, 5.74) is 0.883. The number of hydrogen-bond acceptors (Lipinski definition) is 4. The molecule has 1 heterocycles. The van der Waals surface area contributed by atoms with Crippen LogP contribution in [0.4, 0.5) is 5.69 Å². The summed E-state index contributed by atoms with van der Waals surface area (Å²) in [6.45, 7) is 6.56. The Bertz CT molecular complexity index is 471. The van der Waals surface area contributed by atoms with Crippen LogP contribution in [0.5, 0.6) is 5.75 Å². The number of nitrogens with one attached hydrogen (secondary N) is 2. The van der Waals surface area contributed by atoms with E-state index in [0.717, 1.165) is 30.9 Å². The Morgan fingerprint density at radius 1 is 1.45 bits per heavy atom. The molecule has 0 saturated carbocycles. The highest BCUT2D eigenvalue weighted by molar-refractivity contribution is 5.80. The number of ether oxygens (including phenoxy) is 2. The van der Waals surface area contributed by atoms with Gasteiger partial charge in [-0.3, -0.25) is 4.79 Å². The van der Waals surface area contributed by atoms with Crippen LogP contribution in [0, 0.1) is 5.92 Å². The first-order valence-electron chi connectivity index (χ1n) is 7.98. The van der Waals surface area contributed by atoms with Gasteiger partial charge < -0.3 is 20.1 Å². The lowest BCUT2D eigenvalue weighted by molar-refractivity contribution is -0.119. The van der Waals surface area contributed by atoms with Gasteiger partial charge in [0.15, 0.2) is 0 Å². The van der Waals surface area contributed by atoms with Crippen LogP contribution in [0.15, 0.2) is 24.3 Å². The largest absolute Gasteiger partial charge is 0.493 e. The van der Waals surface area contributed by atoms with Crippen molar-refractivity contribution in [3.05, 3.63) is 24.3 Å². The highest BCUT2D eigenvalue weighted by atomic mass is 16.5. The highest BCUT2D eigenvalue weighted by Gasteiger charge is 2.15. The van der Waals surface area contributed by atoms with Crippen molar-refractivity contribution >= 4 is 11.6 Å². The number of hydrogen-bond donors (Lipinski definition) is 2. The van der Waals surface area contributed by atoms with Crippen LogP contribution in [-0.4, -0.2) is 38.3 Å². The standard InChI is InChI=1S/C17H26N2O3/c1-13(2)12-22-15-6-3-5-14(9-15)18-11-17(20)19-10-16-7-4-8-21-16/h3,5-6,9,13,16,18H,4,7-8,10-12H2,1-2H3,(H,19,20). The molecule has 5 heteroatoms. The van der Waals surface area contributed by atoms with Crippen LogP contribution < -0.4 is 15.4 Å². The fourth-order valence-corrected chi connectivity index (χ4v) is 2.24. The number of rotatable bonds is 8. The second-order valence-corrected chi connectivity index (χ2v) is 6.03. The Kier molecular flexibility index (Phi) is 6.52. The minimum atomic E-state index is -0.0241. The molecule has 0 aliphatic carbocycles. The Labute approximate surface area is 132 Å². The molecule has 2 rings (SSSR count). The summed E-state index contributed by atoms with van der Waals surface area (Å²) in [5, 5.41) is 6.01. The second-order valence-electron chi connectivity index (χ2n) is 6.03. The summed E-state index contributed by atoms with van der Waals surface area (Å²) in [6.07, 6.45) is 2.29. The van der Waals surface area contributed by atoms with Gasteiger partial charge in [0, 0.05) is 24.9 Å². The summed E-state index contributed by atoms with van der Waals surface area (Å²) in [5.74, 6) is 1.28. The van der Waals surface area contributed by atoms with Crippen molar-refractivity contribution in [1.82, 2.24) is 5.32 Å². The molecule has 0 aromatic heterocycles. The lowest BCUT2D eigenvalue weighted by Crippen LogP contribution is -2.35. The molecule has 122 valence electrons. The average molecular weight is 306 g/mol. The van der Waals surface area contributed by atoms with Crippen LogP contribution in [0.25, 0.3) is 0 Å². The van der Waals surface area contributed by atoms with Crippen LogP contribution in [-0.2, 0) is 9.53 Å². The summed E-state index contributed by atoms with van der Waals surface area (Å²) < 4.78 is 11.1. The van der Waals surface area contributed by atoms with E-state index >= 15 is 0 Å². The number of amides is 1. The van der Waals surface area contributed by atoms with E-state index < -0.39 is 0 Å². The van der Waals surface area contributed by atoms with Gasteiger partial charge in [-0.25, -0.2) is 0 Å². The summed E-state index contributed by atoms with van der Waals surface area (Å²) in [7, 11) is 0.